The Hall–Kier alpha value is -5.55. The quantitative estimate of drug-likeness (QED) is 0.0399. The fourth-order valence-electron chi connectivity index (χ4n) is 5.49. The Morgan fingerprint density at radius 3 is 2.51 bits per heavy atom. The molecule has 1 aliphatic heterocycles. The minimum Gasteiger partial charge on any atom is -0.494 e. The molecular weight excluding hydrogens is 630 g/mol. The van der Waals surface area contributed by atoms with E-state index in [1.54, 1.807) is 24.3 Å². The monoisotopic (exact) mass is 666 g/mol. The lowest BCUT2D eigenvalue weighted by atomic mass is 9.82. The first kappa shape index (κ1) is 34.8. The standard InChI is InChI=1S/C37H36F2N6O4/c38-30-22-27(23-31(39)24-30)17-19-41-44-36(47)37(18-6-10-26-8-2-1-3-9-26)34(33-12-5-4-11-29(33)25-42-45-40)49-35(43-37)28-13-15-32(16-14-28)48-21-7-20-46/h1-6,8-16,22-24,34,41,46H,7,17-21,25H2,(H,44,47)/b10-6+/t34-,37-/m0/s1. The van der Waals surface area contributed by atoms with Crippen molar-refractivity contribution in [2.75, 3.05) is 19.8 Å². The lowest BCUT2D eigenvalue weighted by Gasteiger charge is -2.31. The molecule has 0 radical (unpaired) electrons. The van der Waals surface area contributed by atoms with Gasteiger partial charge in [-0.05, 0) is 70.6 Å². The van der Waals surface area contributed by atoms with Crippen LogP contribution in [0.4, 0.5) is 8.78 Å². The van der Waals surface area contributed by atoms with E-state index in [4.69, 9.17) is 25.1 Å². The molecule has 4 aromatic rings. The van der Waals surface area contributed by atoms with Crippen LogP contribution in [0.3, 0.4) is 0 Å². The van der Waals surface area contributed by atoms with Crippen LogP contribution < -0.4 is 15.6 Å². The minimum atomic E-state index is -1.54. The predicted molar refractivity (Wildman–Crippen MR) is 182 cm³/mol. The molecule has 4 aromatic carbocycles. The van der Waals surface area contributed by atoms with Gasteiger partial charge >= 0.3 is 0 Å². The molecule has 0 saturated carbocycles. The third-order valence-corrected chi connectivity index (χ3v) is 7.87. The molecule has 49 heavy (non-hydrogen) atoms. The van der Waals surface area contributed by atoms with E-state index in [0.29, 0.717) is 41.0 Å². The van der Waals surface area contributed by atoms with E-state index in [1.165, 1.54) is 12.1 Å². The van der Waals surface area contributed by atoms with Gasteiger partial charge in [-0.2, -0.15) is 0 Å². The first-order valence-electron chi connectivity index (χ1n) is 15.8. The number of amides is 1. The topological polar surface area (TPSA) is 141 Å². The Kier molecular flexibility index (Phi) is 12.1. The summed E-state index contributed by atoms with van der Waals surface area (Å²) in [6.07, 6.45) is 3.68. The van der Waals surface area contributed by atoms with Crippen LogP contribution in [0.25, 0.3) is 16.5 Å². The van der Waals surface area contributed by atoms with E-state index in [-0.39, 0.29) is 38.4 Å². The first-order chi connectivity index (χ1) is 23.9. The summed E-state index contributed by atoms with van der Waals surface area (Å²) >= 11 is 0. The van der Waals surface area contributed by atoms with Gasteiger partial charge in [-0.1, -0.05) is 71.9 Å². The van der Waals surface area contributed by atoms with Crippen LogP contribution in [0.2, 0.25) is 0 Å². The van der Waals surface area contributed by atoms with Gasteiger partial charge in [-0.15, -0.1) is 0 Å². The molecule has 12 heteroatoms. The molecule has 0 aliphatic carbocycles. The number of hydrogen-bond donors (Lipinski definition) is 3. The molecule has 2 atom stereocenters. The highest BCUT2D eigenvalue weighted by Crippen LogP contribution is 2.44. The van der Waals surface area contributed by atoms with Crippen molar-refractivity contribution >= 4 is 17.9 Å². The van der Waals surface area contributed by atoms with Crippen LogP contribution in [-0.4, -0.2) is 42.2 Å². The number of hydrogen-bond acceptors (Lipinski definition) is 7. The number of hydrazine groups is 1. The number of benzene rings is 4. The van der Waals surface area contributed by atoms with Gasteiger partial charge in [0.25, 0.3) is 5.91 Å². The van der Waals surface area contributed by atoms with Gasteiger partial charge in [-0.3, -0.25) is 10.2 Å². The van der Waals surface area contributed by atoms with E-state index in [2.05, 4.69) is 20.9 Å². The number of aliphatic imine (C=N–C) groups is 1. The Morgan fingerprint density at radius 1 is 1.04 bits per heavy atom. The number of nitrogens with one attached hydrogen (secondary N) is 2. The summed E-state index contributed by atoms with van der Waals surface area (Å²) in [5, 5.41) is 12.8. The zero-order valence-electron chi connectivity index (χ0n) is 26.6. The molecule has 1 amide bonds. The molecule has 0 spiro atoms. The number of halogens is 2. The molecule has 1 aliphatic rings. The molecule has 0 aromatic heterocycles. The van der Waals surface area contributed by atoms with Gasteiger partial charge in [-0.25, -0.2) is 19.2 Å². The maximum Gasteiger partial charge on any atom is 0.266 e. The molecule has 0 fully saturated rings. The maximum atomic E-state index is 14.4. The third-order valence-electron chi connectivity index (χ3n) is 7.87. The third kappa shape index (κ3) is 9.08. The fraction of sp³-hybridized carbons (Fsp3) is 0.243. The number of carbonyl (C=O) groups excluding carboxylic acids is 1. The van der Waals surface area contributed by atoms with Crippen molar-refractivity contribution in [3.63, 3.8) is 0 Å². The lowest BCUT2D eigenvalue weighted by molar-refractivity contribution is -0.129. The second-order valence-corrected chi connectivity index (χ2v) is 11.3. The van der Waals surface area contributed by atoms with Crippen LogP contribution in [0.15, 0.2) is 113 Å². The summed E-state index contributed by atoms with van der Waals surface area (Å²) in [4.78, 5) is 22.3. The molecule has 0 bridgehead atoms. The highest BCUT2D eigenvalue weighted by atomic mass is 19.1. The zero-order valence-corrected chi connectivity index (χ0v) is 26.6. The van der Waals surface area contributed by atoms with E-state index < -0.39 is 29.2 Å². The summed E-state index contributed by atoms with van der Waals surface area (Å²) < 4.78 is 39.7. The van der Waals surface area contributed by atoms with Gasteiger partial charge in [0.15, 0.2) is 11.6 Å². The average Bonchev–Trinajstić information content (AvgIpc) is 3.50. The predicted octanol–water partition coefficient (Wildman–Crippen LogP) is 6.76. The second-order valence-electron chi connectivity index (χ2n) is 11.3. The van der Waals surface area contributed by atoms with E-state index >= 15 is 0 Å². The molecule has 252 valence electrons. The number of rotatable bonds is 16. The number of aliphatic hydroxyl groups is 1. The number of ether oxygens (including phenoxy) is 2. The van der Waals surface area contributed by atoms with Crippen molar-refractivity contribution in [1.82, 2.24) is 10.9 Å². The summed E-state index contributed by atoms with van der Waals surface area (Å²) in [5.74, 6) is -1.04. The molecule has 10 nitrogen and oxygen atoms in total. The van der Waals surface area contributed by atoms with Crippen molar-refractivity contribution in [3.8, 4) is 5.75 Å². The van der Waals surface area contributed by atoms with Crippen LogP contribution in [0.5, 0.6) is 5.75 Å². The van der Waals surface area contributed by atoms with Gasteiger partial charge in [0, 0.05) is 42.5 Å². The molecule has 3 N–H and O–H groups in total. The van der Waals surface area contributed by atoms with Crippen LogP contribution in [0.1, 0.15) is 46.8 Å². The van der Waals surface area contributed by atoms with Crippen molar-refractivity contribution in [3.05, 3.63) is 153 Å². The van der Waals surface area contributed by atoms with Gasteiger partial charge in [0.2, 0.25) is 5.90 Å². The smallest absolute Gasteiger partial charge is 0.266 e. The highest BCUT2D eigenvalue weighted by molar-refractivity contribution is 6.01. The van der Waals surface area contributed by atoms with Crippen LogP contribution in [-0.2, 0) is 22.5 Å². The molecular formula is C37H36F2N6O4. The normalized spacial score (nSPS) is 16.9. The number of nitrogens with zero attached hydrogens (tertiary/aromatic N) is 4. The van der Waals surface area contributed by atoms with E-state index in [1.807, 2.05) is 66.7 Å². The fourth-order valence-corrected chi connectivity index (χ4v) is 5.49. The van der Waals surface area contributed by atoms with Gasteiger partial charge in [0.1, 0.15) is 17.4 Å². The Bertz CT molecular complexity index is 1810. The SMILES string of the molecule is [N-]=[N+]=NCc1ccccc1[C@@H]1OC(c2ccc(OCCCO)cc2)=N[C@]1(C/C=C/c1ccccc1)C(=O)NNCCc1cc(F)cc(F)c1. The van der Waals surface area contributed by atoms with Gasteiger partial charge < -0.3 is 14.6 Å². The second kappa shape index (κ2) is 17.0. The minimum absolute atomic E-state index is 0.0202. The first-order valence-corrected chi connectivity index (χ1v) is 15.8. The number of azide groups is 1. The van der Waals surface area contributed by atoms with E-state index in [0.717, 1.165) is 11.6 Å². The Labute approximate surface area is 282 Å². The zero-order chi connectivity index (χ0) is 34.5. The summed E-state index contributed by atoms with van der Waals surface area (Å²) in [6.45, 7) is 0.585. The number of aliphatic hydroxyl groups excluding tert-OH is 1. The maximum absolute atomic E-state index is 14.4. The summed E-state index contributed by atoms with van der Waals surface area (Å²) in [6, 6.07) is 27.2. The number of carbonyl (C=O) groups is 1. The van der Waals surface area contributed by atoms with Crippen molar-refractivity contribution in [2.24, 2.45) is 10.1 Å². The lowest BCUT2D eigenvalue weighted by Crippen LogP contribution is -2.53. The molecule has 1 heterocycles. The van der Waals surface area contributed by atoms with Crippen molar-refractivity contribution in [2.45, 2.75) is 37.5 Å². The molecule has 0 unspecified atom stereocenters. The van der Waals surface area contributed by atoms with Crippen LogP contribution in [0, 0.1) is 11.6 Å². The summed E-state index contributed by atoms with van der Waals surface area (Å²) in [5.41, 5.74) is 16.4. The van der Waals surface area contributed by atoms with Crippen LogP contribution >= 0.6 is 0 Å². The summed E-state index contributed by atoms with van der Waals surface area (Å²) in [7, 11) is 0. The van der Waals surface area contributed by atoms with E-state index in [9.17, 15) is 13.6 Å². The largest absolute Gasteiger partial charge is 0.494 e. The average molecular weight is 667 g/mol. The highest BCUT2D eigenvalue weighted by Gasteiger charge is 2.53. The van der Waals surface area contributed by atoms with Gasteiger partial charge in [0.05, 0.1) is 13.2 Å². The Morgan fingerprint density at radius 2 is 1.78 bits per heavy atom. The molecule has 5 rings (SSSR count). The Balaban J connectivity index is 1.50. The molecule has 0 saturated heterocycles. The van der Waals surface area contributed by atoms with Crippen molar-refractivity contribution < 1.29 is 28.2 Å². The van der Waals surface area contributed by atoms with Crippen molar-refractivity contribution in [1.29, 1.82) is 0 Å².